The van der Waals surface area contributed by atoms with Gasteiger partial charge in [0.1, 0.15) is 10.8 Å². The number of aliphatic imine (C=N–C) groups is 1. The summed E-state index contributed by atoms with van der Waals surface area (Å²) in [6, 6.07) is 4.67. The Balaban J connectivity index is 1.99. The van der Waals surface area contributed by atoms with Gasteiger partial charge in [-0.2, -0.15) is 0 Å². The number of aromatic nitrogens is 1. The minimum absolute atomic E-state index is 0.288. The number of thiazole rings is 1. The van der Waals surface area contributed by atoms with Crippen LogP contribution in [0.2, 0.25) is 0 Å². The number of hydrogen-bond donors (Lipinski definition) is 3. The SMILES string of the molecule is CCNC(=NCc1ccc(F)c(CO)c1)NCc1ncc(CC)s1. The first-order valence-corrected chi connectivity index (χ1v) is 8.81. The lowest BCUT2D eigenvalue weighted by molar-refractivity contribution is 0.275. The van der Waals surface area contributed by atoms with Gasteiger partial charge in [-0.1, -0.05) is 13.0 Å². The standard InChI is InChI=1S/C17H23FN4OS/c1-3-14-9-20-16(24-14)10-22-17(19-4-2)21-8-12-5-6-15(18)13(7-12)11-23/h5-7,9,23H,3-4,8,10-11H2,1-2H3,(H2,19,21,22). The Bertz CT molecular complexity index is 687. The highest BCUT2D eigenvalue weighted by atomic mass is 32.1. The molecule has 1 heterocycles. The Morgan fingerprint density at radius 2 is 2.17 bits per heavy atom. The van der Waals surface area contributed by atoms with Crippen molar-refractivity contribution in [1.29, 1.82) is 0 Å². The maximum atomic E-state index is 13.4. The van der Waals surface area contributed by atoms with E-state index < -0.39 is 5.82 Å². The van der Waals surface area contributed by atoms with Crippen molar-refractivity contribution in [2.75, 3.05) is 6.54 Å². The van der Waals surface area contributed by atoms with Crippen LogP contribution in [0, 0.1) is 5.82 Å². The van der Waals surface area contributed by atoms with Crippen LogP contribution < -0.4 is 10.6 Å². The third kappa shape index (κ3) is 5.28. The second-order valence-electron chi connectivity index (χ2n) is 5.21. The average Bonchev–Trinajstić information content (AvgIpc) is 3.06. The second-order valence-corrected chi connectivity index (χ2v) is 6.41. The summed E-state index contributed by atoms with van der Waals surface area (Å²) in [6.45, 7) is 5.56. The monoisotopic (exact) mass is 350 g/mol. The minimum atomic E-state index is -0.397. The molecule has 0 aliphatic heterocycles. The van der Waals surface area contributed by atoms with Crippen molar-refractivity contribution < 1.29 is 9.50 Å². The van der Waals surface area contributed by atoms with Crippen LogP contribution in [-0.2, 0) is 26.1 Å². The predicted molar refractivity (Wildman–Crippen MR) is 95.5 cm³/mol. The van der Waals surface area contributed by atoms with Gasteiger partial charge in [0.25, 0.3) is 0 Å². The van der Waals surface area contributed by atoms with Gasteiger partial charge in [0.15, 0.2) is 5.96 Å². The van der Waals surface area contributed by atoms with Crippen LogP contribution in [0.25, 0.3) is 0 Å². The van der Waals surface area contributed by atoms with Crippen molar-refractivity contribution in [2.24, 2.45) is 4.99 Å². The lowest BCUT2D eigenvalue weighted by atomic mass is 10.1. The molecule has 0 fully saturated rings. The lowest BCUT2D eigenvalue weighted by Crippen LogP contribution is -2.36. The van der Waals surface area contributed by atoms with Crippen molar-refractivity contribution in [3.05, 3.63) is 51.2 Å². The number of benzene rings is 1. The van der Waals surface area contributed by atoms with Gasteiger partial charge >= 0.3 is 0 Å². The lowest BCUT2D eigenvalue weighted by Gasteiger charge is -2.10. The van der Waals surface area contributed by atoms with Gasteiger partial charge in [0.2, 0.25) is 0 Å². The zero-order valence-electron chi connectivity index (χ0n) is 14.0. The first-order chi connectivity index (χ1) is 11.7. The van der Waals surface area contributed by atoms with E-state index in [9.17, 15) is 4.39 Å². The van der Waals surface area contributed by atoms with Crippen molar-refractivity contribution in [1.82, 2.24) is 15.6 Å². The number of nitrogens with one attached hydrogen (secondary N) is 2. The smallest absolute Gasteiger partial charge is 0.191 e. The van der Waals surface area contributed by atoms with Crippen molar-refractivity contribution in [3.63, 3.8) is 0 Å². The topological polar surface area (TPSA) is 69.5 Å². The Kier molecular flexibility index (Phi) is 7.14. The molecule has 0 amide bonds. The highest BCUT2D eigenvalue weighted by molar-refractivity contribution is 7.11. The number of aliphatic hydroxyl groups is 1. The van der Waals surface area contributed by atoms with E-state index in [2.05, 4.69) is 27.5 Å². The number of hydrogen-bond acceptors (Lipinski definition) is 4. The molecule has 3 N–H and O–H groups in total. The van der Waals surface area contributed by atoms with Crippen molar-refractivity contribution in [3.8, 4) is 0 Å². The molecule has 1 aromatic heterocycles. The molecular formula is C17H23FN4OS. The van der Waals surface area contributed by atoms with Crippen LogP contribution >= 0.6 is 11.3 Å². The number of guanidine groups is 1. The van der Waals surface area contributed by atoms with Crippen LogP contribution in [0.3, 0.4) is 0 Å². The van der Waals surface area contributed by atoms with E-state index in [0.717, 1.165) is 23.5 Å². The van der Waals surface area contributed by atoms with Gasteiger partial charge in [-0.25, -0.2) is 14.4 Å². The summed E-state index contributed by atoms with van der Waals surface area (Å²) in [5.74, 6) is 0.284. The molecule has 2 rings (SSSR count). The summed E-state index contributed by atoms with van der Waals surface area (Å²) < 4.78 is 13.4. The molecule has 7 heteroatoms. The zero-order chi connectivity index (χ0) is 17.4. The fourth-order valence-corrected chi connectivity index (χ4v) is 2.91. The summed E-state index contributed by atoms with van der Waals surface area (Å²) in [5, 5.41) is 16.6. The van der Waals surface area contributed by atoms with Crippen LogP contribution in [0.1, 0.15) is 34.9 Å². The van der Waals surface area contributed by atoms with Crippen LogP contribution in [0.5, 0.6) is 0 Å². The molecule has 0 bridgehead atoms. The largest absolute Gasteiger partial charge is 0.392 e. The molecule has 0 unspecified atom stereocenters. The van der Waals surface area contributed by atoms with Crippen LogP contribution in [0.15, 0.2) is 29.4 Å². The summed E-state index contributed by atoms with van der Waals surface area (Å²) in [5.41, 5.74) is 1.13. The molecule has 2 aromatic rings. The molecule has 0 saturated carbocycles. The molecule has 0 spiro atoms. The van der Waals surface area contributed by atoms with Gasteiger partial charge in [-0.05, 0) is 31.0 Å². The Hall–Kier alpha value is -1.99. The third-order valence-electron chi connectivity index (χ3n) is 3.40. The number of halogens is 1. The van der Waals surface area contributed by atoms with E-state index in [4.69, 9.17) is 5.11 Å². The van der Waals surface area contributed by atoms with Crippen molar-refractivity contribution >= 4 is 17.3 Å². The molecule has 0 aliphatic carbocycles. The maximum absolute atomic E-state index is 13.4. The molecule has 0 atom stereocenters. The van der Waals surface area contributed by atoms with Gasteiger partial charge in [0, 0.05) is 23.2 Å². The van der Waals surface area contributed by atoms with E-state index in [1.807, 2.05) is 13.1 Å². The Labute approximate surface area is 145 Å². The molecular weight excluding hydrogens is 327 g/mol. The number of nitrogens with zero attached hydrogens (tertiary/aromatic N) is 2. The van der Waals surface area contributed by atoms with Crippen LogP contribution in [0.4, 0.5) is 4.39 Å². The maximum Gasteiger partial charge on any atom is 0.191 e. The molecule has 1 aromatic carbocycles. The number of aliphatic hydroxyl groups excluding tert-OH is 1. The summed E-state index contributed by atoms with van der Waals surface area (Å²) in [7, 11) is 0. The first-order valence-electron chi connectivity index (χ1n) is 8.00. The van der Waals surface area contributed by atoms with Gasteiger partial charge in [-0.15, -0.1) is 11.3 Å². The fourth-order valence-electron chi connectivity index (χ4n) is 2.11. The van der Waals surface area contributed by atoms with Gasteiger partial charge in [-0.3, -0.25) is 0 Å². The zero-order valence-corrected chi connectivity index (χ0v) is 14.8. The normalized spacial score (nSPS) is 11.6. The quantitative estimate of drug-likeness (QED) is 0.530. The van der Waals surface area contributed by atoms with E-state index >= 15 is 0 Å². The third-order valence-corrected chi connectivity index (χ3v) is 4.54. The summed E-state index contributed by atoms with van der Waals surface area (Å²) in [4.78, 5) is 10.1. The molecule has 0 radical (unpaired) electrons. The highest BCUT2D eigenvalue weighted by Crippen LogP contribution is 2.13. The average molecular weight is 350 g/mol. The molecule has 0 saturated heterocycles. The Morgan fingerprint density at radius 1 is 1.33 bits per heavy atom. The molecule has 0 aliphatic rings. The van der Waals surface area contributed by atoms with Crippen molar-refractivity contribution in [2.45, 2.75) is 40.0 Å². The van der Waals surface area contributed by atoms with E-state index in [1.54, 1.807) is 23.5 Å². The second kappa shape index (κ2) is 9.34. The minimum Gasteiger partial charge on any atom is -0.392 e. The van der Waals surface area contributed by atoms with E-state index in [0.29, 0.717) is 19.0 Å². The van der Waals surface area contributed by atoms with E-state index in [-0.39, 0.29) is 12.2 Å². The predicted octanol–water partition coefficient (Wildman–Crippen LogP) is 2.59. The number of rotatable bonds is 7. The Morgan fingerprint density at radius 3 is 2.83 bits per heavy atom. The fraction of sp³-hybridized carbons (Fsp3) is 0.412. The first kappa shape index (κ1) is 18.4. The molecule has 5 nitrogen and oxygen atoms in total. The van der Waals surface area contributed by atoms with Gasteiger partial charge < -0.3 is 15.7 Å². The number of aryl methyl sites for hydroxylation is 1. The molecule has 24 heavy (non-hydrogen) atoms. The molecule has 130 valence electrons. The highest BCUT2D eigenvalue weighted by Gasteiger charge is 2.04. The summed E-state index contributed by atoms with van der Waals surface area (Å²) in [6.07, 6.45) is 2.89. The van der Waals surface area contributed by atoms with Gasteiger partial charge in [0.05, 0.1) is 19.7 Å². The summed E-state index contributed by atoms with van der Waals surface area (Å²) >= 11 is 1.69. The van der Waals surface area contributed by atoms with Crippen LogP contribution in [-0.4, -0.2) is 22.6 Å². The van der Waals surface area contributed by atoms with E-state index in [1.165, 1.54) is 10.9 Å².